The van der Waals surface area contributed by atoms with E-state index in [0.717, 1.165) is 15.9 Å². The number of aldehydes is 1. The van der Waals surface area contributed by atoms with E-state index in [0.29, 0.717) is 6.54 Å². The fraction of sp³-hybridized carbons (Fsp3) is 0.667. The fourth-order valence-corrected chi connectivity index (χ4v) is 1.84. The molecule has 0 radical (unpaired) electrons. The highest BCUT2D eigenvalue weighted by molar-refractivity contribution is 8.23. The molecular formula is C6H9NOS2. The van der Waals surface area contributed by atoms with Crippen LogP contribution in [0.2, 0.25) is 0 Å². The van der Waals surface area contributed by atoms with Crippen LogP contribution >= 0.6 is 24.0 Å². The topological polar surface area (TPSA) is 29.1 Å². The molecule has 1 rings (SSSR count). The zero-order chi connectivity index (χ0) is 7.40. The SMILES string of the molecule is O=CCNC(=S)SC1CC1. The van der Waals surface area contributed by atoms with E-state index >= 15 is 0 Å². The third-order valence-electron chi connectivity index (χ3n) is 1.13. The molecule has 0 aromatic heterocycles. The molecule has 0 atom stereocenters. The minimum atomic E-state index is 0.346. The van der Waals surface area contributed by atoms with E-state index in [1.54, 1.807) is 11.8 Å². The summed E-state index contributed by atoms with van der Waals surface area (Å²) in [5.41, 5.74) is 0. The van der Waals surface area contributed by atoms with Gasteiger partial charge in [0.05, 0.1) is 6.54 Å². The molecule has 0 heterocycles. The summed E-state index contributed by atoms with van der Waals surface area (Å²) in [4.78, 5) is 9.88. The second-order valence-corrected chi connectivity index (χ2v) is 4.13. The highest BCUT2D eigenvalue weighted by Gasteiger charge is 2.23. The number of carbonyl (C=O) groups excluding carboxylic acids is 1. The molecule has 2 nitrogen and oxygen atoms in total. The van der Waals surface area contributed by atoms with E-state index in [4.69, 9.17) is 12.2 Å². The molecule has 0 amide bonds. The molecule has 56 valence electrons. The quantitative estimate of drug-likeness (QED) is 0.511. The number of hydrogen-bond donors (Lipinski definition) is 1. The molecule has 0 aromatic carbocycles. The number of nitrogens with one attached hydrogen (secondary N) is 1. The minimum Gasteiger partial charge on any atom is -0.364 e. The van der Waals surface area contributed by atoms with Gasteiger partial charge in [0.15, 0.2) is 0 Å². The van der Waals surface area contributed by atoms with Crippen molar-refractivity contribution in [3.63, 3.8) is 0 Å². The molecule has 1 aliphatic carbocycles. The first kappa shape index (κ1) is 8.01. The summed E-state index contributed by atoms with van der Waals surface area (Å²) in [7, 11) is 0. The van der Waals surface area contributed by atoms with Gasteiger partial charge in [0.2, 0.25) is 0 Å². The maximum Gasteiger partial charge on any atom is 0.139 e. The van der Waals surface area contributed by atoms with Crippen LogP contribution in [0.15, 0.2) is 0 Å². The second-order valence-electron chi connectivity index (χ2n) is 2.15. The molecule has 0 bridgehead atoms. The maximum absolute atomic E-state index is 9.88. The third kappa shape index (κ3) is 3.17. The number of hydrogen-bond acceptors (Lipinski definition) is 3. The van der Waals surface area contributed by atoms with Crippen molar-refractivity contribution in [1.82, 2.24) is 5.32 Å². The van der Waals surface area contributed by atoms with Crippen LogP contribution in [0, 0.1) is 0 Å². The predicted molar refractivity (Wildman–Crippen MR) is 47.3 cm³/mol. The van der Waals surface area contributed by atoms with Gasteiger partial charge in [-0.15, -0.1) is 0 Å². The number of thioether (sulfide) groups is 1. The van der Waals surface area contributed by atoms with Crippen molar-refractivity contribution in [2.45, 2.75) is 18.1 Å². The van der Waals surface area contributed by atoms with Gasteiger partial charge in [-0.2, -0.15) is 0 Å². The zero-order valence-corrected chi connectivity index (χ0v) is 7.13. The Morgan fingerprint density at radius 3 is 3.00 bits per heavy atom. The van der Waals surface area contributed by atoms with Crippen LogP contribution < -0.4 is 5.32 Å². The first-order valence-corrected chi connectivity index (χ1v) is 4.50. The minimum absolute atomic E-state index is 0.346. The summed E-state index contributed by atoms with van der Waals surface area (Å²) in [5, 5.41) is 3.56. The summed E-state index contributed by atoms with van der Waals surface area (Å²) in [5.74, 6) is 0. The van der Waals surface area contributed by atoms with E-state index < -0.39 is 0 Å². The van der Waals surface area contributed by atoms with Gasteiger partial charge in [-0.3, -0.25) is 0 Å². The van der Waals surface area contributed by atoms with Crippen LogP contribution in [-0.4, -0.2) is 22.4 Å². The molecule has 0 spiro atoms. The lowest BCUT2D eigenvalue weighted by atomic mass is 10.7. The average molecular weight is 175 g/mol. The molecule has 0 unspecified atom stereocenters. The highest BCUT2D eigenvalue weighted by atomic mass is 32.2. The van der Waals surface area contributed by atoms with Crippen LogP contribution in [0.5, 0.6) is 0 Å². The van der Waals surface area contributed by atoms with E-state index in [-0.39, 0.29) is 0 Å². The van der Waals surface area contributed by atoms with Crippen molar-refractivity contribution >= 4 is 34.6 Å². The lowest BCUT2D eigenvalue weighted by Crippen LogP contribution is -2.20. The molecule has 0 aromatic rings. The first-order chi connectivity index (χ1) is 4.83. The largest absolute Gasteiger partial charge is 0.364 e. The fourth-order valence-electron chi connectivity index (χ4n) is 0.504. The van der Waals surface area contributed by atoms with Crippen LogP contribution in [0.25, 0.3) is 0 Å². The Balaban J connectivity index is 2.02. The average Bonchev–Trinajstić information content (AvgIpc) is 2.67. The number of carbonyl (C=O) groups is 1. The van der Waals surface area contributed by atoms with Gasteiger partial charge in [0.1, 0.15) is 10.6 Å². The van der Waals surface area contributed by atoms with Gasteiger partial charge in [0, 0.05) is 5.25 Å². The third-order valence-corrected chi connectivity index (χ3v) is 2.72. The molecule has 0 saturated heterocycles. The Labute approximate surface area is 69.8 Å². The van der Waals surface area contributed by atoms with E-state index in [2.05, 4.69) is 5.32 Å². The molecule has 4 heteroatoms. The van der Waals surface area contributed by atoms with E-state index in [9.17, 15) is 4.79 Å². The molecular weight excluding hydrogens is 166 g/mol. The molecule has 1 fully saturated rings. The van der Waals surface area contributed by atoms with Crippen LogP contribution in [0.3, 0.4) is 0 Å². The van der Waals surface area contributed by atoms with Crippen molar-refractivity contribution in [2.75, 3.05) is 6.54 Å². The predicted octanol–water partition coefficient (Wildman–Crippen LogP) is 0.955. The Morgan fingerprint density at radius 2 is 2.50 bits per heavy atom. The lowest BCUT2D eigenvalue weighted by Gasteiger charge is -2.00. The summed E-state index contributed by atoms with van der Waals surface area (Å²) in [6.45, 7) is 0.346. The van der Waals surface area contributed by atoms with Crippen LogP contribution in [0.4, 0.5) is 0 Å². The highest BCUT2D eigenvalue weighted by Crippen LogP contribution is 2.34. The first-order valence-electron chi connectivity index (χ1n) is 3.21. The Kier molecular flexibility index (Phi) is 3.15. The Hall–Kier alpha value is -0.0900. The van der Waals surface area contributed by atoms with Crippen molar-refractivity contribution in [3.05, 3.63) is 0 Å². The number of thiocarbonyl (C=S) groups is 1. The molecule has 1 N–H and O–H groups in total. The smallest absolute Gasteiger partial charge is 0.139 e. The second kappa shape index (κ2) is 3.93. The molecule has 0 aliphatic heterocycles. The van der Waals surface area contributed by atoms with Gasteiger partial charge >= 0.3 is 0 Å². The van der Waals surface area contributed by atoms with Gasteiger partial charge in [-0.25, -0.2) is 0 Å². The van der Waals surface area contributed by atoms with Crippen LogP contribution in [-0.2, 0) is 4.79 Å². The monoisotopic (exact) mass is 175 g/mol. The molecule has 1 aliphatic rings. The van der Waals surface area contributed by atoms with E-state index in [1.165, 1.54) is 12.8 Å². The normalized spacial score (nSPS) is 16.4. The van der Waals surface area contributed by atoms with Crippen molar-refractivity contribution in [2.24, 2.45) is 0 Å². The van der Waals surface area contributed by atoms with Crippen molar-refractivity contribution in [3.8, 4) is 0 Å². The van der Waals surface area contributed by atoms with Crippen molar-refractivity contribution in [1.29, 1.82) is 0 Å². The van der Waals surface area contributed by atoms with E-state index in [1.807, 2.05) is 0 Å². The van der Waals surface area contributed by atoms with Crippen LogP contribution in [0.1, 0.15) is 12.8 Å². The molecule has 10 heavy (non-hydrogen) atoms. The van der Waals surface area contributed by atoms with Gasteiger partial charge in [-0.1, -0.05) is 24.0 Å². The summed E-state index contributed by atoms with van der Waals surface area (Å²) >= 11 is 6.60. The van der Waals surface area contributed by atoms with Crippen molar-refractivity contribution < 1.29 is 4.79 Å². The Bertz CT molecular complexity index is 145. The summed E-state index contributed by atoms with van der Waals surface area (Å²) in [6, 6.07) is 0. The summed E-state index contributed by atoms with van der Waals surface area (Å²) < 4.78 is 0.759. The number of rotatable bonds is 3. The maximum atomic E-state index is 9.88. The lowest BCUT2D eigenvalue weighted by molar-refractivity contribution is -0.106. The standard InChI is InChI=1S/C6H9NOS2/c8-4-3-7-6(9)10-5-1-2-5/h4-5H,1-3H2,(H,7,9). The summed E-state index contributed by atoms with van der Waals surface area (Å²) in [6.07, 6.45) is 3.36. The zero-order valence-electron chi connectivity index (χ0n) is 5.50. The van der Waals surface area contributed by atoms with Gasteiger partial charge in [0.25, 0.3) is 0 Å². The van der Waals surface area contributed by atoms with Gasteiger partial charge in [-0.05, 0) is 12.8 Å². The molecule has 1 saturated carbocycles. The van der Waals surface area contributed by atoms with Gasteiger partial charge < -0.3 is 10.1 Å². The Morgan fingerprint density at radius 1 is 1.80 bits per heavy atom.